The highest BCUT2D eigenvalue weighted by atomic mass is 19.4. The first-order chi connectivity index (χ1) is 10.4. The van der Waals surface area contributed by atoms with Gasteiger partial charge >= 0.3 is 12.3 Å². The number of carbonyl (C=O) groups is 1. The van der Waals surface area contributed by atoms with E-state index in [1.54, 1.807) is 0 Å². The van der Waals surface area contributed by atoms with Crippen LogP contribution in [-0.2, 0) is 22.4 Å². The molecule has 0 saturated carbocycles. The van der Waals surface area contributed by atoms with E-state index < -0.39 is 17.8 Å². The zero-order valence-corrected chi connectivity index (χ0v) is 11.5. The SMILES string of the molecule is O=C(OCc1ccc(C(F)(F)F)cc1)N1OC2C=CC1CC2. The van der Waals surface area contributed by atoms with Crippen LogP contribution in [0.25, 0.3) is 0 Å². The summed E-state index contributed by atoms with van der Waals surface area (Å²) in [6.45, 7) is -0.0993. The monoisotopic (exact) mass is 313 g/mol. The maximum atomic E-state index is 12.4. The number of ether oxygens (including phenoxy) is 1. The molecular formula is C15H14F3NO3. The highest BCUT2D eigenvalue weighted by Crippen LogP contribution is 2.30. The lowest BCUT2D eigenvalue weighted by molar-refractivity contribution is -0.209. The minimum atomic E-state index is -4.37. The molecule has 0 aromatic heterocycles. The van der Waals surface area contributed by atoms with E-state index in [0.29, 0.717) is 5.56 Å². The van der Waals surface area contributed by atoms with E-state index in [0.717, 1.165) is 25.0 Å². The summed E-state index contributed by atoms with van der Waals surface area (Å²) >= 11 is 0. The minimum Gasteiger partial charge on any atom is -0.443 e. The molecule has 1 saturated heterocycles. The first-order valence-electron chi connectivity index (χ1n) is 6.91. The Morgan fingerprint density at radius 1 is 1.23 bits per heavy atom. The van der Waals surface area contributed by atoms with E-state index in [9.17, 15) is 18.0 Å². The molecule has 2 bridgehead atoms. The summed E-state index contributed by atoms with van der Waals surface area (Å²) in [4.78, 5) is 17.4. The van der Waals surface area contributed by atoms with Gasteiger partial charge in [-0.1, -0.05) is 24.3 Å². The topological polar surface area (TPSA) is 38.8 Å². The lowest BCUT2D eigenvalue weighted by atomic mass is 9.99. The van der Waals surface area contributed by atoms with Gasteiger partial charge in [0.15, 0.2) is 0 Å². The molecule has 1 aromatic rings. The van der Waals surface area contributed by atoms with Crippen molar-refractivity contribution in [1.82, 2.24) is 5.06 Å². The summed E-state index contributed by atoms with van der Waals surface area (Å²) in [6, 6.07) is 4.37. The number of nitrogens with zero attached hydrogens (tertiary/aromatic N) is 1. The normalized spacial score (nSPS) is 23.7. The number of hydrogen-bond acceptors (Lipinski definition) is 3. The smallest absolute Gasteiger partial charge is 0.434 e. The van der Waals surface area contributed by atoms with Crippen molar-refractivity contribution in [2.75, 3.05) is 0 Å². The Bertz CT molecular complexity index is 583. The highest BCUT2D eigenvalue weighted by molar-refractivity contribution is 5.67. The largest absolute Gasteiger partial charge is 0.443 e. The standard InChI is InChI=1S/C15H14F3NO3/c16-15(17,18)11-3-1-10(2-4-11)9-21-14(20)19-12-5-7-13(22-19)8-6-12/h1-5,7,12-13H,6,8-9H2. The number of hydroxylamine groups is 2. The lowest BCUT2D eigenvalue weighted by Gasteiger charge is -2.39. The number of fused-ring (bicyclic) bond motifs is 2. The second-order valence-corrected chi connectivity index (χ2v) is 5.25. The third-order valence-electron chi connectivity index (χ3n) is 3.67. The van der Waals surface area contributed by atoms with Crippen molar-refractivity contribution >= 4 is 6.09 Å². The van der Waals surface area contributed by atoms with Gasteiger partial charge in [-0.25, -0.2) is 4.79 Å². The second kappa shape index (κ2) is 5.64. The predicted molar refractivity (Wildman–Crippen MR) is 70.5 cm³/mol. The number of amides is 1. The minimum absolute atomic E-state index is 0.0993. The maximum absolute atomic E-state index is 12.4. The van der Waals surface area contributed by atoms with Crippen LogP contribution in [0.4, 0.5) is 18.0 Å². The zero-order valence-electron chi connectivity index (χ0n) is 11.5. The summed E-state index contributed by atoms with van der Waals surface area (Å²) < 4.78 is 42.4. The van der Waals surface area contributed by atoms with Crippen molar-refractivity contribution in [3.63, 3.8) is 0 Å². The van der Waals surface area contributed by atoms with Crippen molar-refractivity contribution in [1.29, 1.82) is 0 Å². The van der Waals surface area contributed by atoms with Gasteiger partial charge in [0.2, 0.25) is 0 Å². The molecule has 4 nitrogen and oxygen atoms in total. The number of benzene rings is 1. The van der Waals surface area contributed by atoms with Crippen LogP contribution in [0.15, 0.2) is 36.4 Å². The Morgan fingerprint density at radius 2 is 1.95 bits per heavy atom. The van der Waals surface area contributed by atoms with Crippen molar-refractivity contribution < 1.29 is 27.5 Å². The number of hydrogen-bond donors (Lipinski definition) is 0. The molecule has 2 aliphatic heterocycles. The number of carbonyl (C=O) groups excluding carboxylic acids is 1. The van der Waals surface area contributed by atoms with Crippen LogP contribution in [0.5, 0.6) is 0 Å². The number of halogens is 3. The average molecular weight is 313 g/mol. The van der Waals surface area contributed by atoms with Gasteiger partial charge in [0.05, 0.1) is 11.6 Å². The van der Waals surface area contributed by atoms with Crippen molar-refractivity contribution in [3.05, 3.63) is 47.5 Å². The molecule has 118 valence electrons. The molecule has 0 N–H and O–H groups in total. The quantitative estimate of drug-likeness (QED) is 0.782. The van der Waals surface area contributed by atoms with E-state index in [1.165, 1.54) is 17.2 Å². The Kier molecular flexibility index (Phi) is 3.82. The summed E-state index contributed by atoms with van der Waals surface area (Å²) in [6.07, 6.45) is 0.385. The second-order valence-electron chi connectivity index (χ2n) is 5.25. The zero-order chi connectivity index (χ0) is 15.7. The fourth-order valence-electron chi connectivity index (χ4n) is 2.46. The first kappa shape index (κ1) is 14.9. The Hall–Kier alpha value is -2.02. The Morgan fingerprint density at radius 3 is 2.45 bits per heavy atom. The van der Waals surface area contributed by atoms with Crippen LogP contribution in [-0.4, -0.2) is 23.3 Å². The molecule has 22 heavy (non-hydrogen) atoms. The molecule has 2 atom stereocenters. The van der Waals surface area contributed by atoms with E-state index in [2.05, 4.69) is 0 Å². The van der Waals surface area contributed by atoms with Crippen LogP contribution in [0.2, 0.25) is 0 Å². The van der Waals surface area contributed by atoms with Crippen LogP contribution < -0.4 is 0 Å². The average Bonchev–Trinajstić information content (AvgIpc) is 2.53. The first-order valence-corrected chi connectivity index (χ1v) is 6.91. The number of alkyl halides is 3. The van der Waals surface area contributed by atoms with E-state index >= 15 is 0 Å². The van der Waals surface area contributed by atoms with Crippen LogP contribution >= 0.6 is 0 Å². The van der Waals surface area contributed by atoms with Crippen molar-refractivity contribution in [3.8, 4) is 0 Å². The third-order valence-corrected chi connectivity index (χ3v) is 3.67. The van der Waals surface area contributed by atoms with Gasteiger partial charge in [0.1, 0.15) is 12.7 Å². The van der Waals surface area contributed by atoms with Gasteiger partial charge in [0, 0.05) is 0 Å². The summed E-state index contributed by atoms with van der Waals surface area (Å²) in [5, 5.41) is 1.19. The molecule has 7 heteroatoms. The Labute approximate surface area is 125 Å². The van der Waals surface area contributed by atoms with E-state index in [1.807, 2.05) is 12.2 Å². The molecule has 2 unspecified atom stereocenters. The molecule has 2 heterocycles. The van der Waals surface area contributed by atoms with Gasteiger partial charge in [-0.15, -0.1) is 0 Å². The van der Waals surface area contributed by atoms with Gasteiger partial charge in [-0.3, -0.25) is 4.84 Å². The van der Waals surface area contributed by atoms with Crippen LogP contribution in [0, 0.1) is 0 Å². The number of rotatable bonds is 2. The molecule has 1 amide bonds. The summed E-state index contributed by atoms with van der Waals surface area (Å²) in [5.41, 5.74) is -0.247. The van der Waals surface area contributed by atoms with Crippen molar-refractivity contribution in [2.24, 2.45) is 0 Å². The van der Waals surface area contributed by atoms with Gasteiger partial charge in [0.25, 0.3) is 0 Å². The fraction of sp³-hybridized carbons (Fsp3) is 0.400. The molecule has 1 fully saturated rings. The maximum Gasteiger partial charge on any atom is 0.434 e. The van der Waals surface area contributed by atoms with Gasteiger partial charge in [-0.2, -0.15) is 18.2 Å². The molecule has 0 radical (unpaired) electrons. The van der Waals surface area contributed by atoms with Crippen LogP contribution in [0.1, 0.15) is 24.0 Å². The summed E-state index contributed by atoms with van der Waals surface area (Å²) in [5.74, 6) is 0. The molecule has 1 aliphatic carbocycles. The van der Waals surface area contributed by atoms with E-state index in [-0.39, 0.29) is 18.8 Å². The Balaban J connectivity index is 1.56. The van der Waals surface area contributed by atoms with Crippen molar-refractivity contribution in [2.45, 2.75) is 37.8 Å². The predicted octanol–water partition coefficient (Wildman–Crippen LogP) is 3.68. The van der Waals surface area contributed by atoms with Gasteiger partial charge in [-0.05, 0) is 30.5 Å². The third kappa shape index (κ3) is 3.09. The fourth-order valence-corrected chi connectivity index (χ4v) is 2.46. The molecule has 4 rings (SSSR count). The molecular weight excluding hydrogens is 299 g/mol. The molecule has 1 aromatic carbocycles. The van der Waals surface area contributed by atoms with Gasteiger partial charge < -0.3 is 4.74 Å². The molecule has 0 spiro atoms. The van der Waals surface area contributed by atoms with Crippen LogP contribution in [0.3, 0.4) is 0 Å². The molecule has 3 aliphatic rings. The highest BCUT2D eigenvalue weighted by Gasteiger charge is 2.35. The summed E-state index contributed by atoms with van der Waals surface area (Å²) in [7, 11) is 0. The lowest BCUT2D eigenvalue weighted by Crippen LogP contribution is -2.48. The van der Waals surface area contributed by atoms with E-state index in [4.69, 9.17) is 9.57 Å².